The SMILES string of the molecule is CC(C)(C)OC(=O)N1CC(C)([C@](O)(c2ccc(C(C)(C)C)cc2)c2cncc(-c3noc(C(C)(C)O)n3)c2)C1. The standard InChI is InChI=1S/C30H40N4O5/c1-26(2,3)20-10-12-21(13-11-20)30(37,29(9)17-34(18-29)25(35)38-27(4,5)6)22-14-19(15-31-16-22)23-32-24(39-33-23)28(7,8)36/h10-16,36-37H,17-18H2,1-9H3/t30-/m0/s1. The molecule has 1 amide bonds. The summed E-state index contributed by atoms with van der Waals surface area (Å²) in [6, 6.07) is 9.72. The summed E-state index contributed by atoms with van der Waals surface area (Å²) in [6.45, 7) is 17.6. The van der Waals surface area contributed by atoms with Crippen molar-refractivity contribution in [3.63, 3.8) is 0 Å². The number of ether oxygens (including phenoxy) is 1. The van der Waals surface area contributed by atoms with Gasteiger partial charge in [-0.1, -0.05) is 57.1 Å². The number of pyridine rings is 1. The Hall–Kier alpha value is -3.30. The Bertz CT molecular complexity index is 1340. The third kappa shape index (κ3) is 5.56. The van der Waals surface area contributed by atoms with E-state index in [4.69, 9.17) is 9.26 Å². The lowest BCUT2D eigenvalue weighted by Crippen LogP contribution is -2.66. The first kappa shape index (κ1) is 28.7. The van der Waals surface area contributed by atoms with Crippen LogP contribution in [0.1, 0.15) is 84.9 Å². The van der Waals surface area contributed by atoms with Crippen molar-refractivity contribution >= 4 is 6.09 Å². The Balaban J connectivity index is 1.77. The summed E-state index contributed by atoms with van der Waals surface area (Å²) in [7, 11) is 0. The van der Waals surface area contributed by atoms with Gasteiger partial charge in [0.15, 0.2) is 0 Å². The topological polar surface area (TPSA) is 122 Å². The van der Waals surface area contributed by atoms with Crippen LogP contribution < -0.4 is 0 Å². The number of nitrogens with zero attached hydrogens (tertiary/aromatic N) is 4. The molecule has 4 rings (SSSR count). The first-order chi connectivity index (χ1) is 17.8. The summed E-state index contributed by atoms with van der Waals surface area (Å²) in [5.74, 6) is 0.330. The average molecular weight is 537 g/mol. The van der Waals surface area contributed by atoms with Gasteiger partial charge in [-0.15, -0.1) is 0 Å². The number of amides is 1. The van der Waals surface area contributed by atoms with E-state index in [1.165, 1.54) is 0 Å². The van der Waals surface area contributed by atoms with Crippen molar-refractivity contribution < 1.29 is 24.3 Å². The second-order valence-electron chi connectivity index (χ2n) is 13.4. The summed E-state index contributed by atoms with van der Waals surface area (Å²) < 4.78 is 10.8. The van der Waals surface area contributed by atoms with Crippen molar-refractivity contribution in [3.05, 3.63) is 65.3 Å². The van der Waals surface area contributed by atoms with Crippen LogP contribution >= 0.6 is 0 Å². The average Bonchev–Trinajstić information content (AvgIpc) is 3.31. The molecule has 1 saturated heterocycles. The van der Waals surface area contributed by atoms with Gasteiger partial charge in [0.1, 0.15) is 16.8 Å². The Morgan fingerprint density at radius 1 is 0.949 bits per heavy atom. The number of benzene rings is 1. The van der Waals surface area contributed by atoms with Gasteiger partial charge in [-0.05, 0) is 57.2 Å². The molecule has 0 aliphatic carbocycles. The summed E-state index contributed by atoms with van der Waals surface area (Å²) in [6.07, 6.45) is 2.80. The third-order valence-corrected chi connectivity index (χ3v) is 7.14. The number of likely N-dealkylation sites (tertiary alicyclic amines) is 1. The number of rotatable bonds is 5. The van der Waals surface area contributed by atoms with Crippen LogP contribution in [-0.2, 0) is 21.4 Å². The third-order valence-electron chi connectivity index (χ3n) is 7.14. The quantitative estimate of drug-likeness (QED) is 0.459. The first-order valence-corrected chi connectivity index (χ1v) is 13.2. The lowest BCUT2D eigenvalue weighted by molar-refractivity contribution is -0.131. The van der Waals surface area contributed by atoms with Crippen molar-refractivity contribution in [1.29, 1.82) is 0 Å². The van der Waals surface area contributed by atoms with Gasteiger partial charge in [0, 0.05) is 42.0 Å². The molecule has 9 heteroatoms. The molecule has 0 spiro atoms. The van der Waals surface area contributed by atoms with Crippen molar-refractivity contribution in [3.8, 4) is 11.4 Å². The van der Waals surface area contributed by atoms with Crippen LogP contribution in [0.25, 0.3) is 11.4 Å². The second kappa shape index (κ2) is 9.41. The van der Waals surface area contributed by atoms with E-state index in [1.54, 1.807) is 37.2 Å². The number of aliphatic hydroxyl groups is 2. The molecule has 39 heavy (non-hydrogen) atoms. The minimum Gasteiger partial charge on any atom is -0.444 e. The Labute approximate surface area is 230 Å². The summed E-state index contributed by atoms with van der Waals surface area (Å²) in [5, 5.41) is 26.9. The summed E-state index contributed by atoms with van der Waals surface area (Å²) >= 11 is 0. The number of hydrogen-bond donors (Lipinski definition) is 2. The van der Waals surface area contributed by atoms with E-state index in [0.717, 1.165) is 5.56 Å². The molecule has 3 heterocycles. The maximum absolute atomic E-state index is 12.8. The molecule has 2 aromatic heterocycles. The first-order valence-electron chi connectivity index (χ1n) is 13.2. The molecule has 2 N–H and O–H groups in total. The number of aromatic nitrogens is 3. The Morgan fingerprint density at radius 3 is 2.05 bits per heavy atom. The molecule has 1 atom stereocenters. The predicted octanol–water partition coefficient (Wildman–Crippen LogP) is 5.15. The molecule has 0 radical (unpaired) electrons. The maximum atomic E-state index is 12.8. The highest BCUT2D eigenvalue weighted by Crippen LogP contribution is 2.51. The zero-order valence-corrected chi connectivity index (χ0v) is 24.4. The number of carbonyl (C=O) groups is 1. The zero-order valence-electron chi connectivity index (χ0n) is 24.4. The smallest absolute Gasteiger partial charge is 0.410 e. The molecule has 210 valence electrons. The monoisotopic (exact) mass is 536 g/mol. The lowest BCUT2D eigenvalue weighted by Gasteiger charge is -2.56. The molecule has 1 aliphatic heterocycles. The van der Waals surface area contributed by atoms with Crippen LogP contribution in [0.3, 0.4) is 0 Å². The highest BCUT2D eigenvalue weighted by atomic mass is 16.6. The minimum absolute atomic E-state index is 0.0528. The van der Waals surface area contributed by atoms with E-state index in [0.29, 0.717) is 16.7 Å². The molecule has 1 aromatic carbocycles. The molecule has 0 unspecified atom stereocenters. The van der Waals surface area contributed by atoms with E-state index >= 15 is 0 Å². The van der Waals surface area contributed by atoms with Crippen molar-refractivity contribution in [2.24, 2.45) is 5.41 Å². The molecule has 1 aliphatic rings. The molecule has 0 saturated carbocycles. The van der Waals surface area contributed by atoms with E-state index in [9.17, 15) is 15.0 Å². The number of hydrogen-bond acceptors (Lipinski definition) is 8. The van der Waals surface area contributed by atoms with Crippen LogP contribution in [-0.4, -0.2) is 55.0 Å². The fraction of sp³-hybridized carbons (Fsp3) is 0.533. The van der Waals surface area contributed by atoms with Gasteiger partial charge < -0.3 is 24.4 Å². The van der Waals surface area contributed by atoms with Gasteiger partial charge in [0.25, 0.3) is 5.89 Å². The molecule has 3 aromatic rings. The van der Waals surface area contributed by atoms with Gasteiger partial charge in [-0.2, -0.15) is 4.98 Å². The second-order valence-corrected chi connectivity index (χ2v) is 13.4. The van der Waals surface area contributed by atoms with Crippen molar-refractivity contribution in [2.45, 2.75) is 84.5 Å². The van der Waals surface area contributed by atoms with Crippen LogP contribution in [0, 0.1) is 5.41 Å². The van der Waals surface area contributed by atoms with Gasteiger partial charge in [-0.3, -0.25) is 4.98 Å². The highest BCUT2D eigenvalue weighted by Gasteiger charge is 2.58. The van der Waals surface area contributed by atoms with E-state index in [2.05, 4.69) is 35.9 Å². The number of carbonyl (C=O) groups excluding carboxylic acids is 1. The van der Waals surface area contributed by atoms with Crippen LogP contribution in [0.2, 0.25) is 0 Å². The van der Waals surface area contributed by atoms with Crippen molar-refractivity contribution in [1.82, 2.24) is 20.0 Å². The summed E-state index contributed by atoms with van der Waals surface area (Å²) in [4.78, 5) is 23.1. The van der Waals surface area contributed by atoms with E-state index in [1.807, 2.05) is 52.0 Å². The van der Waals surface area contributed by atoms with Crippen LogP contribution in [0.15, 0.2) is 47.2 Å². The minimum atomic E-state index is -1.51. The highest BCUT2D eigenvalue weighted by molar-refractivity contribution is 5.70. The largest absolute Gasteiger partial charge is 0.444 e. The van der Waals surface area contributed by atoms with Crippen LogP contribution in [0.4, 0.5) is 4.79 Å². The molecular formula is C30H40N4O5. The Kier molecular flexibility index (Phi) is 6.93. The molecule has 0 bridgehead atoms. The van der Waals surface area contributed by atoms with E-state index < -0.39 is 28.3 Å². The summed E-state index contributed by atoms with van der Waals surface area (Å²) in [5.41, 5.74) is -1.33. The van der Waals surface area contributed by atoms with Gasteiger partial charge in [-0.25, -0.2) is 4.79 Å². The zero-order chi connectivity index (χ0) is 29.0. The van der Waals surface area contributed by atoms with Gasteiger partial charge in [0.05, 0.1) is 0 Å². The van der Waals surface area contributed by atoms with Gasteiger partial charge >= 0.3 is 6.09 Å². The Morgan fingerprint density at radius 2 is 1.54 bits per heavy atom. The molecular weight excluding hydrogens is 496 g/mol. The predicted molar refractivity (Wildman–Crippen MR) is 147 cm³/mol. The molecule has 9 nitrogen and oxygen atoms in total. The fourth-order valence-electron chi connectivity index (χ4n) is 4.90. The fourth-order valence-corrected chi connectivity index (χ4v) is 4.90. The molecule has 1 fully saturated rings. The van der Waals surface area contributed by atoms with Gasteiger partial charge in [0.2, 0.25) is 5.82 Å². The van der Waals surface area contributed by atoms with E-state index in [-0.39, 0.29) is 30.2 Å². The van der Waals surface area contributed by atoms with Crippen molar-refractivity contribution in [2.75, 3.05) is 13.1 Å². The van der Waals surface area contributed by atoms with Crippen LogP contribution in [0.5, 0.6) is 0 Å². The normalized spacial score (nSPS) is 17.4. The lowest BCUT2D eigenvalue weighted by atomic mass is 9.62. The maximum Gasteiger partial charge on any atom is 0.410 e.